The molecule has 2 aromatic rings. The molecule has 0 unspecified atom stereocenters. The van der Waals surface area contributed by atoms with Crippen LogP contribution in [-0.4, -0.2) is 11.8 Å². The van der Waals surface area contributed by atoms with Gasteiger partial charge in [0.05, 0.1) is 17.7 Å². The molecule has 0 saturated heterocycles. The Morgan fingerprint density at radius 3 is 2.67 bits per heavy atom. The van der Waals surface area contributed by atoms with Gasteiger partial charge in [-0.15, -0.1) is 0 Å². The Bertz CT molecular complexity index is 808. The highest BCUT2D eigenvalue weighted by atomic mass is 79.9. The van der Waals surface area contributed by atoms with Gasteiger partial charge in [0.1, 0.15) is 6.07 Å². The topological polar surface area (TPSA) is 61.2 Å². The maximum atomic E-state index is 12.6. The lowest BCUT2D eigenvalue weighted by Crippen LogP contribution is -2.42. The van der Waals surface area contributed by atoms with E-state index >= 15 is 0 Å². The minimum Gasteiger partial charge on any atom is -0.274 e. The normalized spacial score (nSPS) is 13.8. The number of anilines is 1. The zero-order valence-electron chi connectivity index (χ0n) is 10.8. The Morgan fingerprint density at radius 1 is 1.14 bits per heavy atom. The molecular weight excluding hydrogens is 332 g/mol. The van der Waals surface area contributed by atoms with Gasteiger partial charge >= 0.3 is 0 Å². The van der Waals surface area contributed by atoms with Crippen molar-refractivity contribution in [3.05, 3.63) is 63.6 Å². The van der Waals surface area contributed by atoms with Gasteiger partial charge in [-0.3, -0.25) is 9.59 Å². The minimum absolute atomic E-state index is 0.156. The molecule has 0 saturated carbocycles. The standard InChI is InChI=1S/C16H9BrN2O2/c17-12-5-6-14(11(7-12)9-18)19-15(20)8-10-3-1-2-4-13(10)16(19)21/h1-7H,8H2. The molecule has 2 aromatic carbocycles. The zero-order valence-corrected chi connectivity index (χ0v) is 12.4. The predicted molar refractivity (Wildman–Crippen MR) is 80.8 cm³/mol. The van der Waals surface area contributed by atoms with E-state index in [1.807, 2.05) is 6.07 Å². The van der Waals surface area contributed by atoms with Crippen molar-refractivity contribution in [2.75, 3.05) is 4.90 Å². The molecule has 1 heterocycles. The summed E-state index contributed by atoms with van der Waals surface area (Å²) in [7, 11) is 0. The number of benzene rings is 2. The number of nitriles is 1. The molecule has 21 heavy (non-hydrogen) atoms. The van der Waals surface area contributed by atoms with Gasteiger partial charge in [-0.2, -0.15) is 5.26 Å². The maximum Gasteiger partial charge on any atom is 0.265 e. The molecule has 5 heteroatoms. The quantitative estimate of drug-likeness (QED) is 0.749. The second kappa shape index (κ2) is 5.15. The van der Waals surface area contributed by atoms with Gasteiger partial charge in [0.15, 0.2) is 0 Å². The summed E-state index contributed by atoms with van der Waals surface area (Å²) in [6.07, 6.45) is 0.156. The van der Waals surface area contributed by atoms with Gasteiger partial charge in [0, 0.05) is 10.0 Å². The largest absolute Gasteiger partial charge is 0.274 e. The number of carbonyl (C=O) groups excluding carboxylic acids is 2. The zero-order chi connectivity index (χ0) is 15.0. The lowest BCUT2D eigenvalue weighted by atomic mass is 9.97. The third-order valence-electron chi connectivity index (χ3n) is 3.36. The van der Waals surface area contributed by atoms with Crippen molar-refractivity contribution < 1.29 is 9.59 Å². The van der Waals surface area contributed by atoms with Gasteiger partial charge in [0.25, 0.3) is 5.91 Å². The third-order valence-corrected chi connectivity index (χ3v) is 3.86. The minimum atomic E-state index is -0.388. The van der Waals surface area contributed by atoms with E-state index in [-0.39, 0.29) is 23.8 Å². The number of fused-ring (bicyclic) bond motifs is 1. The summed E-state index contributed by atoms with van der Waals surface area (Å²) in [5.41, 5.74) is 1.83. The Hall–Kier alpha value is -2.45. The van der Waals surface area contributed by atoms with Gasteiger partial charge in [-0.1, -0.05) is 34.1 Å². The van der Waals surface area contributed by atoms with Crippen LogP contribution in [0.25, 0.3) is 0 Å². The number of rotatable bonds is 1. The molecule has 102 valence electrons. The number of carbonyl (C=O) groups is 2. The fourth-order valence-corrected chi connectivity index (χ4v) is 2.76. The summed E-state index contributed by atoms with van der Waals surface area (Å²) < 4.78 is 0.722. The van der Waals surface area contributed by atoms with E-state index in [0.717, 1.165) is 14.9 Å². The summed E-state index contributed by atoms with van der Waals surface area (Å²) >= 11 is 3.28. The van der Waals surface area contributed by atoms with Crippen molar-refractivity contribution >= 4 is 33.4 Å². The number of imide groups is 1. The molecule has 0 N–H and O–H groups in total. The molecule has 0 bridgehead atoms. The lowest BCUT2D eigenvalue weighted by molar-refractivity contribution is -0.117. The summed E-state index contributed by atoms with van der Waals surface area (Å²) in [6.45, 7) is 0. The molecule has 0 aliphatic carbocycles. The highest BCUT2D eigenvalue weighted by Crippen LogP contribution is 2.29. The van der Waals surface area contributed by atoms with Crippen molar-refractivity contribution in [1.29, 1.82) is 5.26 Å². The molecule has 3 rings (SSSR count). The first-order chi connectivity index (χ1) is 10.1. The molecule has 4 nitrogen and oxygen atoms in total. The van der Waals surface area contributed by atoms with Gasteiger partial charge < -0.3 is 0 Å². The molecule has 0 atom stereocenters. The number of halogens is 1. The van der Waals surface area contributed by atoms with Crippen LogP contribution in [0.2, 0.25) is 0 Å². The van der Waals surface area contributed by atoms with Crippen molar-refractivity contribution in [3.8, 4) is 6.07 Å². The van der Waals surface area contributed by atoms with Gasteiger partial charge in [-0.25, -0.2) is 4.90 Å². The van der Waals surface area contributed by atoms with Crippen LogP contribution >= 0.6 is 15.9 Å². The molecule has 1 aliphatic heterocycles. The van der Waals surface area contributed by atoms with E-state index in [2.05, 4.69) is 15.9 Å². The van der Waals surface area contributed by atoms with Crippen molar-refractivity contribution in [2.24, 2.45) is 0 Å². The van der Waals surface area contributed by atoms with Gasteiger partial charge in [0.2, 0.25) is 5.91 Å². The Balaban J connectivity index is 2.14. The van der Waals surface area contributed by atoms with Crippen LogP contribution in [0.5, 0.6) is 0 Å². The summed E-state index contributed by atoms with van der Waals surface area (Å²) in [5, 5.41) is 9.22. The first-order valence-corrected chi connectivity index (χ1v) is 7.06. The third kappa shape index (κ3) is 2.24. The van der Waals surface area contributed by atoms with Gasteiger partial charge in [-0.05, 0) is 29.8 Å². The molecule has 0 radical (unpaired) electrons. The van der Waals surface area contributed by atoms with E-state index in [1.54, 1.807) is 42.5 Å². The van der Waals surface area contributed by atoms with Crippen LogP contribution in [-0.2, 0) is 11.2 Å². The molecular formula is C16H9BrN2O2. The van der Waals surface area contributed by atoms with Crippen molar-refractivity contribution in [1.82, 2.24) is 0 Å². The van der Waals surface area contributed by atoms with Crippen molar-refractivity contribution in [3.63, 3.8) is 0 Å². The molecule has 2 amide bonds. The SMILES string of the molecule is N#Cc1cc(Br)ccc1N1C(=O)Cc2ccccc2C1=O. The van der Waals surface area contributed by atoms with E-state index < -0.39 is 0 Å². The van der Waals surface area contributed by atoms with Crippen molar-refractivity contribution in [2.45, 2.75) is 6.42 Å². The fourth-order valence-electron chi connectivity index (χ4n) is 2.40. The van der Waals surface area contributed by atoms with Crippen LogP contribution in [0.1, 0.15) is 21.5 Å². The monoisotopic (exact) mass is 340 g/mol. The molecule has 1 aliphatic rings. The smallest absolute Gasteiger partial charge is 0.265 e. The van der Waals surface area contributed by atoms with Crippen LogP contribution in [0, 0.1) is 11.3 Å². The first-order valence-electron chi connectivity index (χ1n) is 6.26. The second-order valence-corrected chi connectivity index (χ2v) is 5.56. The predicted octanol–water partition coefficient (Wildman–Crippen LogP) is 3.05. The summed E-state index contributed by atoms with van der Waals surface area (Å²) in [5.74, 6) is -0.710. The average Bonchev–Trinajstić information content (AvgIpc) is 2.48. The van der Waals surface area contributed by atoms with Crippen LogP contribution in [0.15, 0.2) is 46.9 Å². The van der Waals surface area contributed by atoms with E-state index in [0.29, 0.717) is 11.3 Å². The van der Waals surface area contributed by atoms with Crippen LogP contribution in [0.3, 0.4) is 0 Å². The van der Waals surface area contributed by atoms with E-state index in [1.165, 1.54) is 0 Å². The first kappa shape index (κ1) is 13.5. The van der Waals surface area contributed by atoms with Crippen LogP contribution < -0.4 is 4.90 Å². The number of nitrogens with zero attached hydrogens (tertiary/aromatic N) is 2. The molecule has 0 spiro atoms. The Labute approximate surface area is 129 Å². The fraction of sp³-hybridized carbons (Fsp3) is 0.0625. The van der Waals surface area contributed by atoms with E-state index in [9.17, 15) is 14.9 Å². The molecule has 0 aromatic heterocycles. The Morgan fingerprint density at radius 2 is 1.90 bits per heavy atom. The average molecular weight is 341 g/mol. The van der Waals surface area contributed by atoms with E-state index in [4.69, 9.17) is 0 Å². The maximum absolute atomic E-state index is 12.6. The number of hydrogen-bond donors (Lipinski definition) is 0. The highest BCUT2D eigenvalue weighted by molar-refractivity contribution is 9.10. The second-order valence-electron chi connectivity index (χ2n) is 4.64. The lowest BCUT2D eigenvalue weighted by Gasteiger charge is -2.27. The highest BCUT2D eigenvalue weighted by Gasteiger charge is 2.33. The van der Waals surface area contributed by atoms with Crippen LogP contribution in [0.4, 0.5) is 5.69 Å². The number of hydrogen-bond acceptors (Lipinski definition) is 3. The number of amides is 2. The molecule has 0 fully saturated rings. The Kier molecular flexibility index (Phi) is 3.32. The summed E-state index contributed by atoms with van der Waals surface area (Å²) in [6, 6.07) is 14.0. The summed E-state index contributed by atoms with van der Waals surface area (Å²) in [4.78, 5) is 26.0.